The van der Waals surface area contributed by atoms with Crippen molar-refractivity contribution in [1.82, 2.24) is 4.90 Å². The van der Waals surface area contributed by atoms with Crippen molar-refractivity contribution in [2.75, 3.05) is 12.8 Å². The van der Waals surface area contributed by atoms with Crippen LogP contribution in [0.15, 0.2) is 36.4 Å². The van der Waals surface area contributed by atoms with Crippen LogP contribution < -0.4 is 5.73 Å². The third-order valence-electron chi connectivity index (χ3n) is 3.03. The van der Waals surface area contributed by atoms with Crippen molar-refractivity contribution in [3.63, 3.8) is 0 Å². The van der Waals surface area contributed by atoms with Crippen LogP contribution in [0.25, 0.3) is 0 Å². The lowest BCUT2D eigenvalue weighted by Gasteiger charge is -2.19. The summed E-state index contributed by atoms with van der Waals surface area (Å²) in [5, 5.41) is 1.36. The molecule has 0 atom stereocenters. The summed E-state index contributed by atoms with van der Waals surface area (Å²) in [6.45, 7) is 0.324. The van der Waals surface area contributed by atoms with Gasteiger partial charge in [-0.1, -0.05) is 46.9 Å². The summed E-state index contributed by atoms with van der Waals surface area (Å²) in [6.07, 6.45) is 0. The summed E-state index contributed by atoms with van der Waals surface area (Å²) in [5.74, 6) is -0.231. The molecule has 0 aliphatic heterocycles. The van der Waals surface area contributed by atoms with Gasteiger partial charge in [0.2, 0.25) is 0 Å². The molecule has 0 aliphatic rings. The standard InChI is InChI=1S/C15H13Cl3N2O/c1-20(8-9-3-2-4-12(17)14(9)18)15(21)11-7-10(16)5-6-13(11)19/h2-7H,8,19H2,1H3. The first-order chi connectivity index (χ1) is 9.90. The van der Waals surface area contributed by atoms with Gasteiger partial charge in [-0.25, -0.2) is 0 Å². The molecular formula is C15H13Cl3N2O. The first-order valence-electron chi connectivity index (χ1n) is 6.13. The van der Waals surface area contributed by atoms with Crippen LogP contribution in [0.1, 0.15) is 15.9 Å². The number of halogens is 3. The maximum atomic E-state index is 12.4. The first kappa shape index (κ1) is 16.0. The predicted molar refractivity (Wildman–Crippen MR) is 88.1 cm³/mol. The molecule has 2 aromatic rings. The lowest BCUT2D eigenvalue weighted by atomic mass is 10.1. The Morgan fingerprint density at radius 2 is 1.90 bits per heavy atom. The van der Waals surface area contributed by atoms with E-state index in [1.807, 2.05) is 6.07 Å². The molecule has 0 unspecified atom stereocenters. The molecule has 1 amide bonds. The van der Waals surface area contributed by atoms with Gasteiger partial charge in [0.05, 0.1) is 15.6 Å². The molecule has 110 valence electrons. The number of nitrogens with two attached hydrogens (primary N) is 1. The molecular weight excluding hydrogens is 331 g/mol. The molecule has 0 heterocycles. The van der Waals surface area contributed by atoms with Crippen LogP contribution in [0.4, 0.5) is 5.69 Å². The molecule has 21 heavy (non-hydrogen) atoms. The number of hydrogen-bond acceptors (Lipinski definition) is 2. The van der Waals surface area contributed by atoms with E-state index in [4.69, 9.17) is 40.5 Å². The van der Waals surface area contributed by atoms with Crippen LogP contribution in [0.3, 0.4) is 0 Å². The van der Waals surface area contributed by atoms with Gasteiger partial charge in [0.1, 0.15) is 0 Å². The second-order valence-corrected chi connectivity index (χ2v) is 5.83. The minimum absolute atomic E-state index is 0.231. The SMILES string of the molecule is CN(Cc1cccc(Cl)c1Cl)C(=O)c1cc(Cl)ccc1N. The molecule has 3 nitrogen and oxygen atoms in total. The van der Waals surface area contributed by atoms with E-state index in [2.05, 4.69) is 0 Å². The third kappa shape index (κ3) is 3.62. The number of amides is 1. The highest BCUT2D eigenvalue weighted by molar-refractivity contribution is 6.42. The molecule has 6 heteroatoms. The average Bonchev–Trinajstić information content (AvgIpc) is 2.45. The average molecular weight is 344 g/mol. The lowest BCUT2D eigenvalue weighted by Crippen LogP contribution is -2.27. The number of nitrogens with zero attached hydrogens (tertiary/aromatic N) is 1. The van der Waals surface area contributed by atoms with Crippen molar-refractivity contribution in [2.45, 2.75) is 6.54 Å². The smallest absolute Gasteiger partial charge is 0.256 e. The predicted octanol–water partition coefficient (Wildman–Crippen LogP) is 4.50. The number of anilines is 1. The highest BCUT2D eigenvalue weighted by Gasteiger charge is 2.17. The minimum Gasteiger partial charge on any atom is -0.398 e. The maximum Gasteiger partial charge on any atom is 0.256 e. The molecule has 0 bridgehead atoms. The van der Waals surface area contributed by atoms with Crippen LogP contribution >= 0.6 is 34.8 Å². The third-order valence-corrected chi connectivity index (χ3v) is 4.12. The van der Waals surface area contributed by atoms with Crippen molar-refractivity contribution in [1.29, 1.82) is 0 Å². The van der Waals surface area contributed by atoms with Crippen molar-refractivity contribution in [3.8, 4) is 0 Å². The van der Waals surface area contributed by atoms with Crippen molar-refractivity contribution >= 4 is 46.4 Å². The van der Waals surface area contributed by atoms with Gasteiger partial charge >= 0.3 is 0 Å². The van der Waals surface area contributed by atoms with E-state index in [9.17, 15) is 4.79 Å². The molecule has 0 saturated carbocycles. The highest BCUT2D eigenvalue weighted by Crippen LogP contribution is 2.27. The fourth-order valence-electron chi connectivity index (χ4n) is 1.92. The van der Waals surface area contributed by atoms with E-state index in [0.717, 1.165) is 5.56 Å². The number of benzene rings is 2. The summed E-state index contributed by atoms with van der Waals surface area (Å²) in [4.78, 5) is 13.9. The van der Waals surface area contributed by atoms with Crippen LogP contribution in [-0.4, -0.2) is 17.9 Å². The monoisotopic (exact) mass is 342 g/mol. The molecule has 0 aromatic heterocycles. The summed E-state index contributed by atoms with van der Waals surface area (Å²) in [7, 11) is 1.67. The summed E-state index contributed by atoms with van der Waals surface area (Å²) in [6, 6.07) is 10.1. The number of rotatable bonds is 3. The number of nitrogen functional groups attached to an aromatic ring is 1. The zero-order valence-corrected chi connectivity index (χ0v) is 13.5. The van der Waals surface area contributed by atoms with Crippen molar-refractivity contribution < 1.29 is 4.79 Å². The van der Waals surface area contributed by atoms with E-state index in [-0.39, 0.29) is 5.91 Å². The molecule has 0 spiro atoms. The Morgan fingerprint density at radius 3 is 2.62 bits per heavy atom. The van der Waals surface area contributed by atoms with Crippen molar-refractivity contribution in [3.05, 3.63) is 62.6 Å². The van der Waals surface area contributed by atoms with Gasteiger partial charge in [-0.15, -0.1) is 0 Å². The normalized spacial score (nSPS) is 10.5. The summed E-state index contributed by atoms with van der Waals surface area (Å²) >= 11 is 18.0. The fraction of sp³-hybridized carbons (Fsp3) is 0.133. The van der Waals surface area contributed by atoms with E-state index >= 15 is 0 Å². The van der Waals surface area contributed by atoms with E-state index in [0.29, 0.717) is 32.9 Å². The molecule has 0 aliphatic carbocycles. The van der Waals surface area contributed by atoms with Gasteiger partial charge in [-0.3, -0.25) is 4.79 Å². The number of carbonyl (C=O) groups is 1. The maximum absolute atomic E-state index is 12.4. The first-order valence-corrected chi connectivity index (χ1v) is 7.27. The second kappa shape index (κ2) is 6.56. The van der Waals surface area contributed by atoms with E-state index in [1.54, 1.807) is 37.4 Å². The quantitative estimate of drug-likeness (QED) is 0.834. The van der Waals surface area contributed by atoms with E-state index < -0.39 is 0 Å². The van der Waals surface area contributed by atoms with Gasteiger partial charge in [-0.05, 0) is 29.8 Å². The van der Waals surface area contributed by atoms with Gasteiger partial charge in [0.15, 0.2) is 0 Å². The van der Waals surface area contributed by atoms with Crippen LogP contribution in [0.5, 0.6) is 0 Å². The van der Waals surface area contributed by atoms with Crippen LogP contribution in [0, 0.1) is 0 Å². The van der Waals surface area contributed by atoms with Crippen molar-refractivity contribution in [2.24, 2.45) is 0 Å². The highest BCUT2D eigenvalue weighted by atomic mass is 35.5. The molecule has 2 aromatic carbocycles. The Kier molecular flexibility index (Phi) is 4.99. The topological polar surface area (TPSA) is 46.3 Å². The molecule has 0 fully saturated rings. The Morgan fingerprint density at radius 1 is 1.19 bits per heavy atom. The van der Waals surface area contributed by atoms with Crippen LogP contribution in [0.2, 0.25) is 15.1 Å². The Bertz CT molecular complexity index is 689. The number of carbonyl (C=O) groups excluding carboxylic acids is 1. The molecule has 0 radical (unpaired) electrons. The Labute approximate surface area is 138 Å². The van der Waals surface area contributed by atoms with Gasteiger partial charge < -0.3 is 10.6 Å². The summed E-state index contributed by atoms with van der Waals surface area (Å²) in [5.41, 5.74) is 7.33. The van der Waals surface area contributed by atoms with Gasteiger partial charge in [0.25, 0.3) is 5.91 Å². The fourth-order valence-corrected chi connectivity index (χ4v) is 2.47. The molecule has 0 saturated heterocycles. The van der Waals surface area contributed by atoms with Gasteiger partial charge in [-0.2, -0.15) is 0 Å². The van der Waals surface area contributed by atoms with Crippen LogP contribution in [-0.2, 0) is 6.54 Å². The minimum atomic E-state index is -0.231. The Balaban J connectivity index is 2.24. The van der Waals surface area contributed by atoms with E-state index in [1.165, 1.54) is 4.90 Å². The zero-order valence-electron chi connectivity index (χ0n) is 11.2. The number of hydrogen-bond donors (Lipinski definition) is 1. The summed E-state index contributed by atoms with van der Waals surface area (Å²) < 4.78 is 0. The Hall–Kier alpha value is -1.42. The second-order valence-electron chi connectivity index (χ2n) is 4.61. The zero-order chi connectivity index (χ0) is 15.6. The molecule has 2 N–H and O–H groups in total. The largest absolute Gasteiger partial charge is 0.398 e. The molecule has 2 rings (SSSR count). The van der Waals surface area contributed by atoms with Gasteiger partial charge in [0, 0.05) is 24.3 Å². The lowest BCUT2D eigenvalue weighted by molar-refractivity contribution is 0.0786.